The second-order valence-electron chi connectivity index (χ2n) is 4.99. The highest BCUT2D eigenvalue weighted by Gasteiger charge is 2.26. The van der Waals surface area contributed by atoms with E-state index in [-0.39, 0.29) is 5.92 Å². The minimum atomic E-state index is -0.784. The van der Waals surface area contributed by atoms with Gasteiger partial charge in [0, 0.05) is 6.54 Å². The number of aromatic nitrogens is 1. The maximum Gasteiger partial charge on any atom is 0.145 e. The molecule has 4 heteroatoms. The molecule has 4 nitrogen and oxygen atoms in total. The number of aliphatic hydroxyl groups is 1. The summed E-state index contributed by atoms with van der Waals surface area (Å²) in [6.45, 7) is 8.16. The van der Waals surface area contributed by atoms with Crippen molar-refractivity contribution in [1.29, 1.82) is 5.26 Å². The zero-order valence-corrected chi connectivity index (χ0v) is 11.5. The highest BCUT2D eigenvalue weighted by molar-refractivity contribution is 5.42. The van der Waals surface area contributed by atoms with Crippen LogP contribution in [-0.2, 0) is 0 Å². The number of hydrogen-bond acceptors (Lipinski definition) is 4. The topological polar surface area (TPSA) is 68.9 Å². The fourth-order valence-corrected chi connectivity index (χ4v) is 1.62. The lowest BCUT2D eigenvalue weighted by Crippen LogP contribution is -2.40. The molecular formula is C14H21N3O. The predicted octanol–water partition coefficient (Wildman–Crippen LogP) is 2.47. The third-order valence-corrected chi connectivity index (χ3v) is 3.50. The van der Waals surface area contributed by atoms with E-state index in [4.69, 9.17) is 5.26 Å². The van der Waals surface area contributed by atoms with Gasteiger partial charge in [-0.25, -0.2) is 4.98 Å². The maximum atomic E-state index is 10.3. The minimum absolute atomic E-state index is 0.200. The van der Waals surface area contributed by atoms with Crippen LogP contribution in [0.3, 0.4) is 0 Å². The summed E-state index contributed by atoms with van der Waals surface area (Å²) in [7, 11) is 0. The van der Waals surface area contributed by atoms with E-state index < -0.39 is 5.60 Å². The van der Waals surface area contributed by atoms with E-state index in [9.17, 15) is 5.11 Å². The Kier molecular flexibility index (Phi) is 4.69. The lowest BCUT2D eigenvalue weighted by atomic mass is 9.89. The Morgan fingerprint density at radius 1 is 1.56 bits per heavy atom. The fourth-order valence-electron chi connectivity index (χ4n) is 1.62. The molecule has 98 valence electrons. The van der Waals surface area contributed by atoms with Crippen LogP contribution in [0.25, 0.3) is 0 Å². The normalized spacial score (nSPS) is 15.6. The van der Waals surface area contributed by atoms with Crippen molar-refractivity contribution in [1.82, 2.24) is 4.98 Å². The summed E-state index contributed by atoms with van der Waals surface area (Å²) in [5, 5.41) is 22.3. The van der Waals surface area contributed by atoms with Crippen LogP contribution >= 0.6 is 0 Å². The first kappa shape index (κ1) is 14.5. The maximum absolute atomic E-state index is 10.3. The van der Waals surface area contributed by atoms with Gasteiger partial charge in [-0.3, -0.25) is 0 Å². The quantitative estimate of drug-likeness (QED) is 0.838. The molecule has 1 aromatic heterocycles. The van der Waals surface area contributed by atoms with Gasteiger partial charge in [0.25, 0.3) is 0 Å². The molecule has 18 heavy (non-hydrogen) atoms. The Morgan fingerprint density at radius 3 is 2.78 bits per heavy atom. The molecule has 0 saturated carbocycles. The van der Waals surface area contributed by atoms with E-state index in [2.05, 4.69) is 23.3 Å². The van der Waals surface area contributed by atoms with E-state index in [0.717, 1.165) is 12.0 Å². The Morgan fingerprint density at radius 2 is 2.22 bits per heavy atom. The van der Waals surface area contributed by atoms with Gasteiger partial charge in [-0.2, -0.15) is 5.26 Å². The van der Waals surface area contributed by atoms with Crippen molar-refractivity contribution < 1.29 is 5.11 Å². The van der Waals surface area contributed by atoms with Crippen LogP contribution in [0, 0.1) is 24.2 Å². The summed E-state index contributed by atoms with van der Waals surface area (Å²) in [5.74, 6) is 0.826. The summed E-state index contributed by atoms with van der Waals surface area (Å²) in [4.78, 5) is 4.20. The molecule has 0 amide bonds. The van der Waals surface area contributed by atoms with Crippen molar-refractivity contribution in [2.75, 3.05) is 11.9 Å². The predicted molar refractivity (Wildman–Crippen MR) is 72.3 cm³/mol. The van der Waals surface area contributed by atoms with Crippen molar-refractivity contribution in [3.8, 4) is 6.07 Å². The number of rotatable bonds is 5. The molecule has 2 unspecified atom stereocenters. The lowest BCUT2D eigenvalue weighted by Gasteiger charge is -2.30. The molecule has 0 bridgehead atoms. The fraction of sp³-hybridized carbons (Fsp3) is 0.571. The first-order valence-electron chi connectivity index (χ1n) is 6.24. The third-order valence-electron chi connectivity index (χ3n) is 3.50. The van der Waals surface area contributed by atoms with Crippen molar-refractivity contribution in [3.05, 3.63) is 23.4 Å². The van der Waals surface area contributed by atoms with Gasteiger partial charge >= 0.3 is 0 Å². The Bertz CT molecular complexity index is 449. The number of pyridine rings is 1. The SMILES string of the molecule is CCC(C)C(C)(O)CNc1ccc(C)c(C#N)n1. The second-order valence-corrected chi connectivity index (χ2v) is 4.99. The van der Waals surface area contributed by atoms with Gasteiger partial charge in [0.1, 0.15) is 17.6 Å². The first-order valence-corrected chi connectivity index (χ1v) is 6.24. The van der Waals surface area contributed by atoms with Crippen LogP contribution in [0.4, 0.5) is 5.82 Å². The van der Waals surface area contributed by atoms with Crippen LogP contribution in [0.5, 0.6) is 0 Å². The Labute approximate surface area is 109 Å². The van der Waals surface area contributed by atoms with Gasteiger partial charge in [0.2, 0.25) is 0 Å². The molecule has 1 rings (SSSR count). The van der Waals surface area contributed by atoms with E-state index >= 15 is 0 Å². The van der Waals surface area contributed by atoms with Gasteiger partial charge in [0.05, 0.1) is 5.60 Å². The molecule has 0 aromatic carbocycles. The minimum Gasteiger partial charge on any atom is -0.388 e. The number of nitriles is 1. The van der Waals surface area contributed by atoms with Gasteiger partial charge in [-0.1, -0.05) is 26.3 Å². The largest absolute Gasteiger partial charge is 0.388 e. The molecule has 0 radical (unpaired) electrons. The van der Waals surface area contributed by atoms with Crippen molar-refractivity contribution in [2.24, 2.45) is 5.92 Å². The highest BCUT2D eigenvalue weighted by atomic mass is 16.3. The average molecular weight is 247 g/mol. The average Bonchev–Trinajstić information content (AvgIpc) is 2.36. The number of anilines is 1. The summed E-state index contributed by atoms with van der Waals surface area (Å²) in [5.41, 5.74) is 0.494. The second kappa shape index (κ2) is 5.83. The number of nitrogens with one attached hydrogen (secondary N) is 1. The van der Waals surface area contributed by atoms with Crippen LogP contribution in [0.2, 0.25) is 0 Å². The van der Waals surface area contributed by atoms with E-state index in [0.29, 0.717) is 18.1 Å². The Balaban J connectivity index is 2.73. The van der Waals surface area contributed by atoms with Crippen LogP contribution in [-0.4, -0.2) is 22.2 Å². The molecule has 2 N–H and O–H groups in total. The summed E-state index contributed by atoms with van der Waals surface area (Å²) in [6, 6.07) is 5.73. The van der Waals surface area contributed by atoms with E-state index in [1.54, 1.807) is 0 Å². The van der Waals surface area contributed by atoms with Gasteiger partial charge in [-0.15, -0.1) is 0 Å². The summed E-state index contributed by atoms with van der Waals surface area (Å²) < 4.78 is 0. The summed E-state index contributed by atoms with van der Waals surface area (Å²) >= 11 is 0. The zero-order valence-electron chi connectivity index (χ0n) is 11.5. The zero-order chi connectivity index (χ0) is 13.8. The molecule has 0 fully saturated rings. The lowest BCUT2D eigenvalue weighted by molar-refractivity contribution is 0.0175. The first-order chi connectivity index (χ1) is 8.40. The molecule has 0 spiro atoms. The number of hydrogen-bond donors (Lipinski definition) is 2. The molecule has 1 aromatic rings. The van der Waals surface area contributed by atoms with Crippen molar-refractivity contribution in [2.45, 2.75) is 39.7 Å². The van der Waals surface area contributed by atoms with Crippen LogP contribution in [0.1, 0.15) is 38.4 Å². The van der Waals surface area contributed by atoms with Gasteiger partial charge < -0.3 is 10.4 Å². The third kappa shape index (κ3) is 3.44. The highest BCUT2D eigenvalue weighted by Crippen LogP contribution is 2.20. The van der Waals surface area contributed by atoms with Gasteiger partial charge in [-0.05, 0) is 31.4 Å². The number of nitrogens with zero attached hydrogens (tertiary/aromatic N) is 2. The molecule has 0 saturated heterocycles. The monoisotopic (exact) mass is 247 g/mol. The van der Waals surface area contributed by atoms with Crippen LogP contribution in [0.15, 0.2) is 12.1 Å². The van der Waals surface area contributed by atoms with Crippen molar-refractivity contribution in [3.63, 3.8) is 0 Å². The Hall–Kier alpha value is -1.60. The standard InChI is InChI=1S/C14H21N3O/c1-5-11(3)14(4,18)9-16-13-7-6-10(2)12(8-15)17-13/h6-7,11,18H,5,9H2,1-4H3,(H,16,17). The molecule has 0 aliphatic heterocycles. The molecular weight excluding hydrogens is 226 g/mol. The molecule has 0 aliphatic rings. The molecule has 1 heterocycles. The number of aryl methyl sites for hydroxylation is 1. The van der Waals surface area contributed by atoms with Gasteiger partial charge in [0.15, 0.2) is 0 Å². The van der Waals surface area contributed by atoms with Crippen molar-refractivity contribution >= 4 is 5.82 Å². The smallest absolute Gasteiger partial charge is 0.145 e. The summed E-state index contributed by atoms with van der Waals surface area (Å²) in [6.07, 6.45) is 0.916. The van der Waals surface area contributed by atoms with Crippen LogP contribution < -0.4 is 5.32 Å². The molecule has 2 atom stereocenters. The molecule has 0 aliphatic carbocycles. The van der Waals surface area contributed by atoms with E-state index in [1.165, 1.54) is 0 Å². The van der Waals surface area contributed by atoms with E-state index in [1.807, 2.05) is 32.9 Å².